The van der Waals surface area contributed by atoms with Gasteiger partial charge in [0.15, 0.2) is 6.61 Å². The van der Waals surface area contributed by atoms with E-state index in [-0.39, 0.29) is 31.5 Å². The molecule has 1 aromatic carbocycles. The largest absolute Gasteiger partial charge is 0.484 e. The number of aliphatic hydroxyl groups is 1. The first-order chi connectivity index (χ1) is 7.63. The number of amides is 1. The zero-order chi connectivity index (χ0) is 12.0. The minimum atomic E-state index is -0.323. The molecule has 16 heavy (non-hydrogen) atoms. The van der Waals surface area contributed by atoms with Gasteiger partial charge in [0.2, 0.25) is 0 Å². The number of halogens is 1. The number of aliphatic hydroxyl groups excluding tert-OH is 1. The summed E-state index contributed by atoms with van der Waals surface area (Å²) in [5.41, 5.74) is 0.466. The van der Waals surface area contributed by atoms with Crippen LogP contribution in [0.25, 0.3) is 0 Å². The lowest BCUT2D eigenvalue weighted by molar-refractivity contribution is -0.123. The highest BCUT2D eigenvalue weighted by atomic mass is 19.1. The van der Waals surface area contributed by atoms with Crippen molar-refractivity contribution in [3.8, 4) is 5.75 Å². The smallest absolute Gasteiger partial charge is 0.258 e. The molecule has 1 amide bonds. The lowest BCUT2D eigenvalue weighted by Gasteiger charge is -2.07. The van der Waals surface area contributed by atoms with Gasteiger partial charge in [-0.3, -0.25) is 4.79 Å². The molecule has 1 aromatic rings. The summed E-state index contributed by atoms with van der Waals surface area (Å²) in [5.74, 6) is -0.189. The van der Waals surface area contributed by atoms with Crippen LogP contribution < -0.4 is 10.1 Å². The van der Waals surface area contributed by atoms with Gasteiger partial charge in [0.25, 0.3) is 5.91 Å². The molecular weight excluding hydrogens is 213 g/mol. The quantitative estimate of drug-likeness (QED) is 0.775. The van der Waals surface area contributed by atoms with Crippen molar-refractivity contribution in [2.45, 2.75) is 6.92 Å². The molecule has 0 aliphatic rings. The molecular formula is C11H14FNO3. The summed E-state index contributed by atoms with van der Waals surface area (Å²) in [7, 11) is 0. The monoisotopic (exact) mass is 227 g/mol. The van der Waals surface area contributed by atoms with E-state index in [4.69, 9.17) is 9.84 Å². The summed E-state index contributed by atoms with van der Waals surface area (Å²) in [6.45, 7) is 1.56. The fourth-order valence-corrected chi connectivity index (χ4v) is 1.10. The number of carbonyl (C=O) groups is 1. The maximum absolute atomic E-state index is 12.9. The third-order valence-electron chi connectivity index (χ3n) is 1.93. The number of hydrogen-bond acceptors (Lipinski definition) is 3. The van der Waals surface area contributed by atoms with E-state index in [1.807, 2.05) is 0 Å². The number of ether oxygens (including phenoxy) is 1. The van der Waals surface area contributed by atoms with Crippen LogP contribution in [0, 0.1) is 12.7 Å². The Kier molecular flexibility index (Phi) is 4.72. The van der Waals surface area contributed by atoms with E-state index in [9.17, 15) is 9.18 Å². The minimum Gasteiger partial charge on any atom is -0.484 e. The van der Waals surface area contributed by atoms with Gasteiger partial charge >= 0.3 is 0 Å². The van der Waals surface area contributed by atoms with E-state index in [2.05, 4.69) is 5.32 Å². The van der Waals surface area contributed by atoms with Gasteiger partial charge in [0, 0.05) is 6.54 Å². The maximum atomic E-state index is 12.9. The minimum absolute atomic E-state index is 0.110. The normalized spacial score (nSPS) is 9.94. The second-order valence-electron chi connectivity index (χ2n) is 3.27. The van der Waals surface area contributed by atoms with Crippen LogP contribution in [-0.2, 0) is 4.79 Å². The lowest BCUT2D eigenvalue weighted by Crippen LogP contribution is -2.31. The Hall–Kier alpha value is -1.62. The van der Waals surface area contributed by atoms with Crippen LogP contribution >= 0.6 is 0 Å². The fraction of sp³-hybridized carbons (Fsp3) is 0.364. The number of hydrogen-bond donors (Lipinski definition) is 2. The molecule has 0 saturated heterocycles. The molecule has 0 aromatic heterocycles. The molecule has 0 saturated carbocycles. The number of carbonyl (C=O) groups excluding carboxylic acids is 1. The number of benzene rings is 1. The molecule has 0 heterocycles. The average Bonchev–Trinajstić information content (AvgIpc) is 2.28. The number of aryl methyl sites for hydroxylation is 1. The molecule has 0 aliphatic carbocycles. The number of rotatable bonds is 5. The van der Waals surface area contributed by atoms with E-state index in [1.165, 1.54) is 18.2 Å². The Balaban J connectivity index is 2.42. The Bertz CT molecular complexity index is 368. The molecule has 0 radical (unpaired) electrons. The summed E-state index contributed by atoms with van der Waals surface area (Å²) in [5, 5.41) is 10.9. The Labute approximate surface area is 93.0 Å². The van der Waals surface area contributed by atoms with Gasteiger partial charge in [0.05, 0.1) is 6.61 Å². The molecule has 88 valence electrons. The highest BCUT2D eigenvalue weighted by Crippen LogP contribution is 2.15. The van der Waals surface area contributed by atoms with E-state index >= 15 is 0 Å². The summed E-state index contributed by atoms with van der Waals surface area (Å²) >= 11 is 0. The molecule has 0 aliphatic heterocycles. The summed E-state index contributed by atoms with van der Waals surface area (Å²) < 4.78 is 18.0. The molecule has 0 unspecified atom stereocenters. The van der Waals surface area contributed by atoms with Crippen LogP contribution in [0.5, 0.6) is 5.75 Å². The first kappa shape index (κ1) is 12.4. The van der Waals surface area contributed by atoms with Gasteiger partial charge in [-0.05, 0) is 30.7 Å². The van der Waals surface area contributed by atoms with Crippen LogP contribution in [0.2, 0.25) is 0 Å². The van der Waals surface area contributed by atoms with E-state index in [0.717, 1.165) is 0 Å². The first-order valence-corrected chi connectivity index (χ1v) is 4.90. The lowest BCUT2D eigenvalue weighted by atomic mass is 10.2. The van der Waals surface area contributed by atoms with Crippen LogP contribution in [0.1, 0.15) is 5.56 Å². The Morgan fingerprint density at radius 3 is 2.94 bits per heavy atom. The third kappa shape index (κ3) is 3.86. The molecule has 4 nitrogen and oxygen atoms in total. The fourth-order valence-electron chi connectivity index (χ4n) is 1.10. The van der Waals surface area contributed by atoms with Gasteiger partial charge in [0.1, 0.15) is 11.6 Å². The third-order valence-corrected chi connectivity index (χ3v) is 1.93. The van der Waals surface area contributed by atoms with E-state index in [1.54, 1.807) is 6.92 Å². The Morgan fingerprint density at radius 2 is 2.31 bits per heavy atom. The molecule has 5 heteroatoms. The summed E-state index contributed by atoms with van der Waals surface area (Å²) in [6, 6.07) is 4.27. The standard InChI is InChI=1S/C11H14FNO3/c1-8-6-9(2-3-10(8)12)16-7-11(15)13-4-5-14/h2-3,6,14H,4-5,7H2,1H3,(H,13,15). The Morgan fingerprint density at radius 1 is 1.56 bits per heavy atom. The molecule has 0 fully saturated rings. The van der Waals surface area contributed by atoms with Crippen molar-refractivity contribution in [3.63, 3.8) is 0 Å². The van der Waals surface area contributed by atoms with Crippen molar-refractivity contribution in [2.24, 2.45) is 0 Å². The summed E-state index contributed by atoms with van der Waals surface area (Å²) in [6.07, 6.45) is 0. The predicted molar refractivity (Wildman–Crippen MR) is 56.7 cm³/mol. The van der Waals surface area contributed by atoms with Crippen molar-refractivity contribution in [1.29, 1.82) is 0 Å². The van der Waals surface area contributed by atoms with Crippen molar-refractivity contribution in [2.75, 3.05) is 19.8 Å². The van der Waals surface area contributed by atoms with Crippen molar-refractivity contribution >= 4 is 5.91 Å². The molecule has 2 N–H and O–H groups in total. The predicted octanol–water partition coefficient (Wildman–Crippen LogP) is 0.621. The van der Waals surface area contributed by atoms with Gasteiger partial charge < -0.3 is 15.2 Å². The zero-order valence-corrected chi connectivity index (χ0v) is 9.00. The highest BCUT2D eigenvalue weighted by Gasteiger charge is 2.03. The van der Waals surface area contributed by atoms with Crippen molar-refractivity contribution in [3.05, 3.63) is 29.6 Å². The van der Waals surface area contributed by atoms with Crippen LogP contribution in [0.15, 0.2) is 18.2 Å². The molecule has 0 atom stereocenters. The molecule has 1 rings (SSSR count). The topological polar surface area (TPSA) is 58.6 Å². The second kappa shape index (κ2) is 6.07. The first-order valence-electron chi connectivity index (χ1n) is 4.90. The van der Waals surface area contributed by atoms with Gasteiger partial charge in [-0.15, -0.1) is 0 Å². The SMILES string of the molecule is Cc1cc(OCC(=O)NCCO)ccc1F. The molecule has 0 spiro atoms. The van der Waals surface area contributed by atoms with E-state index in [0.29, 0.717) is 11.3 Å². The maximum Gasteiger partial charge on any atom is 0.258 e. The van der Waals surface area contributed by atoms with Gasteiger partial charge in [-0.25, -0.2) is 4.39 Å². The van der Waals surface area contributed by atoms with Crippen molar-refractivity contribution < 1.29 is 19.0 Å². The highest BCUT2D eigenvalue weighted by molar-refractivity contribution is 5.77. The van der Waals surface area contributed by atoms with Gasteiger partial charge in [-0.1, -0.05) is 0 Å². The molecule has 0 bridgehead atoms. The van der Waals surface area contributed by atoms with Crippen LogP contribution in [0.4, 0.5) is 4.39 Å². The number of nitrogens with one attached hydrogen (secondary N) is 1. The second-order valence-corrected chi connectivity index (χ2v) is 3.27. The average molecular weight is 227 g/mol. The van der Waals surface area contributed by atoms with Gasteiger partial charge in [-0.2, -0.15) is 0 Å². The van der Waals surface area contributed by atoms with Crippen LogP contribution in [0.3, 0.4) is 0 Å². The van der Waals surface area contributed by atoms with E-state index < -0.39 is 0 Å². The van der Waals surface area contributed by atoms with Crippen LogP contribution in [-0.4, -0.2) is 30.8 Å². The summed E-state index contributed by atoms with van der Waals surface area (Å²) in [4.78, 5) is 11.1. The van der Waals surface area contributed by atoms with Crippen molar-refractivity contribution in [1.82, 2.24) is 5.32 Å². The zero-order valence-electron chi connectivity index (χ0n) is 9.00.